The number of nitrogens with one attached hydrogen (secondary N) is 2. The minimum absolute atomic E-state index is 0.0235. The van der Waals surface area contributed by atoms with Gasteiger partial charge in [0, 0.05) is 19.9 Å². The van der Waals surface area contributed by atoms with Crippen molar-refractivity contribution in [1.82, 2.24) is 10.9 Å². The summed E-state index contributed by atoms with van der Waals surface area (Å²) < 4.78 is 11.2. The first-order valence-corrected chi connectivity index (χ1v) is 6.13. The lowest BCUT2D eigenvalue weighted by Gasteiger charge is -2.09. The summed E-state index contributed by atoms with van der Waals surface area (Å²) in [6.45, 7) is 1.37. The molecular formula is C13H18N2O3. The van der Waals surface area contributed by atoms with Crippen LogP contribution in [0, 0.1) is 0 Å². The van der Waals surface area contributed by atoms with Crippen molar-refractivity contribution in [3.63, 3.8) is 0 Å². The summed E-state index contributed by atoms with van der Waals surface area (Å²) in [6.07, 6.45) is 2.03. The number of benzene rings is 1. The van der Waals surface area contributed by atoms with Crippen LogP contribution in [-0.2, 0) is 11.2 Å². The van der Waals surface area contributed by atoms with Crippen LogP contribution >= 0.6 is 0 Å². The van der Waals surface area contributed by atoms with Gasteiger partial charge in [0.2, 0.25) is 5.91 Å². The fourth-order valence-electron chi connectivity index (χ4n) is 1.82. The van der Waals surface area contributed by atoms with Crippen molar-refractivity contribution >= 4 is 5.91 Å². The fraction of sp³-hybridized carbons (Fsp3) is 0.462. The molecular weight excluding hydrogens is 232 g/mol. The van der Waals surface area contributed by atoms with E-state index in [2.05, 4.69) is 10.9 Å². The Morgan fingerprint density at radius 2 is 2.06 bits per heavy atom. The quantitative estimate of drug-likeness (QED) is 0.784. The lowest BCUT2D eigenvalue weighted by atomic mass is 10.1. The maximum Gasteiger partial charge on any atom is 0.234 e. The molecule has 0 saturated heterocycles. The van der Waals surface area contributed by atoms with E-state index in [9.17, 15) is 4.79 Å². The monoisotopic (exact) mass is 250 g/mol. The third kappa shape index (κ3) is 3.37. The number of hydrogen-bond donors (Lipinski definition) is 2. The lowest BCUT2D eigenvalue weighted by molar-refractivity contribution is -0.121. The normalized spacial score (nSPS) is 13.8. The van der Waals surface area contributed by atoms with Crippen molar-refractivity contribution in [3.05, 3.63) is 23.8 Å². The summed E-state index contributed by atoms with van der Waals surface area (Å²) in [6, 6.07) is 5.83. The molecule has 1 aliphatic rings. The highest BCUT2D eigenvalue weighted by molar-refractivity contribution is 5.75. The molecule has 98 valence electrons. The first-order valence-electron chi connectivity index (χ1n) is 6.13. The third-order valence-electron chi connectivity index (χ3n) is 2.72. The first kappa shape index (κ1) is 12.7. The Morgan fingerprint density at radius 1 is 1.28 bits per heavy atom. The number of aryl methyl sites for hydroxylation is 1. The number of carbonyl (C=O) groups excluding carboxylic acids is 1. The minimum atomic E-state index is -0.0235. The van der Waals surface area contributed by atoms with E-state index in [1.807, 2.05) is 18.2 Å². The Morgan fingerprint density at radius 3 is 2.83 bits per heavy atom. The molecule has 0 fully saturated rings. The smallest absolute Gasteiger partial charge is 0.234 e. The summed E-state index contributed by atoms with van der Waals surface area (Å²) >= 11 is 0. The zero-order chi connectivity index (χ0) is 12.8. The molecule has 5 nitrogen and oxygen atoms in total. The molecule has 1 aromatic rings. The Kier molecular flexibility index (Phi) is 4.41. The second-order valence-electron chi connectivity index (χ2n) is 4.13. The van der Waals surface area contributed by atoms with Gasteiger partial charge in [-0.3, -0.25) is 10.2 Å². The molecule has 0 atom stereocenters. The van der Waals surface area contributed by atoms with Gasteiger partial charge < -0.3 is 9.47 Å². The van der Waals surface area contributed by atoms with Crippen LogP contribution in [0.3, 0.4) is 0 Å². The van der Waals surface area contributed by atoms with Crippen LogP contribution in [0.15, 0.2) is 18.2 Å². The summed E-state index contributed by atoms with van der Waals surface area (Å²) in [4.78, 5) is 11.3. The number of rotatable bonds is 4. The Labute approximate surface area is 106 Å². The molecule has 5 heteroatoms. The van der Waals surface area contributed by atoms with Gasteiger partial charge in [0.1, 0.15) is 0 Å². The van der Waals surface area contributed by atoms with Crippen LogP contribution in [0.1, 0.15) is 18.4 Å². The van der Waals surface area contributed by atoms with Gasteiger partial charge in [-0.05, 0) is 24.1 Å². The topological polar surface area (TPSA) is 59.6 Å². The van der Waals surface area contributed by atoms with Gasteiger partial charge in [0.05, 0.1) is 13.2 Å². The maximum atomic E-state index is 11.3. The number of ether oxygens (including phenoxy) is 2. The first-order chi connectivity index (χ1) is 8.79. The van der Waals surface area contributed by atoms with Gasteiger partial charge in [-0.2, -0.15) is 0 Å². The predicted octanol–water partition coefficient (Wildman–Crippen LogP) is 1.03. The van der Waals surface area contributed by atoms with Gasteiger partial charge in [-0.1, -0.05) is 6.07 Å². The van der Waals surface area contributed by atoms with Gasteiger partial charge >= 0.3 is 0 Å². The molecule has 1 amide bonds. The fourth-order valence-corrected chi connectivity index (χ4v) is 1.82. The molecule has 0 radical (unpaired) electrons. The van der Waals surface area contributed by atoms with Gasteiger partial charge in [-0.15, -0.1) is 0 Å². The van der Waals surface area contributed by atoms with Crippen molar-refractivity contribution in [2.75, 3.05) is 20.3 Å². The van der Waals surface area contributed by atoms with Crippen LogP contribution in [0.2, 0.25) is 0 Å². The van der Waals surface area contributed by atoms with E-state index in [1.165, 1.54) is 0 Å². The van der Waals surface area contributed by atoms with Crippen LogP contribution in [-0.4, -0.2) is 26.2 Å². The van der Waals surface area contributed by atoms with Gasteiger partial charge in [-0.25, -0.2) is 5.43 Å². The lowest BCUT2D eigenvalue weighted by Crippen LogP contribution is -2.34. The van der Waals surface area contributed by atoms with Crippen molar-refractivity contribution in [1.29, 1.82) is 0 Å². The van der Waals surface area contributed by atoms with E-state index in [-0.39, 0.29) is 5.91 Å². The average molecular weight is 250 g/mol. The Bertz CT molecular complexity index is 421. The van der Waals surface area contributed by atoms with Crippen LogP contribution < -0.4 is 20.3 Å². The van der Waals surface area contributed by atoms with E-state index in [4.69, 9.17) is 9.47 Å². The number of fused-ring (bicyclic) bond motifs is 1. The van der Waals surface area contributed by atoms with Crippen LogP contribution in [0.25, 0.3) is 0 Å². The van der Waals surface area contributed by atoms with Crippen LogP contribution in [0.5, 0.6) is 11.5 Å². The number of carbonyl (C=O) groups is 1. The zero-order valence-corrected chi connectivity index (χ0v) is 10.5. The van der Waals surface area contributed by atoms with Crippen molar-refractivity contribution in [2.45, 2.75) is 19.3 Å². The van der Waals surface area contributed by atoms with Gasteiger partial charge in [0.15, 0.2) is 11.5 Å². The molecule has 2 N–H and O–H groups in total. The molecule has 1 aliphatic heterocycles. The van der Waals surface area contributed by atoms with E-state index in [0.717, 1.165) is 23.5 Å². The molecule has 1 heterocycles. The Hall–Kier alpha value is -1.75. The summed E-state index contributed by atoms with van der Waals surface area (Å²) in [7, 11) is 1.67. The third-order valence-corrected chi connectivity index (χ3v) is 2.72. The van der Waals surface area contributed by atoms with Crippen molar-refractivity contribution < 1.29 is 14.3 Å². The summed E-state index contributed by atoms with van der Waals surface area (Å²) in [5.74, 6) is 1.54. The van der Waals surface area contributed by atoms with E-state index >= 15 is 0 Å². The second kappa shape index (κ2) is 6.26. The molecule has 0 saturated carbocycles. The van der Waals surface area contributed by atoms with Crippen molar-refractivity contribution in [2.24, 2.45) is 0 Å². The van der Waals surface area contributed by atoms with Gasteiger partial charge in [0.25, 0.3) is 0 Å². The molecule has 0 aromatic heterocycles. The second-order valence-corrected chi connectivity index (χ2v) is 4.13. The molecule has 18 heavy (non-hydrogen) atoms. The highest BCUT2D eigenvalue weighted by Gasteiger charge is 2.11. The number of hydrogen-bond acceptors (Lipinski definition) is 4. The highest BCUT2D eigenvalue weighted by Crippen LogP contribution is 2.30. The molecule has 0 aliphatic carbocycles. The molecule has 2 rings (SSSR count). The van der Waals surface area contributed by atoms with Crippen LogP contribution in [0.4, 0.5) is 0 Å². The molecule has 1 aromatic carbocycles. The summed E-state index contributed by atoms with van der Waals surface area (Å²) in [5.41, 5.74) is 6.24. The SMILES string of the molecule is CNNC(=O)CCc1ccc2c(c1)OCCCO2. The van der Waals surface area contributed by atoms with E-state index in [0.29, 0.717) is 26.1 Å². The molecule has 0 spiro atoms. The van der Waals surface area contributed by atoms with E-state index < -0.39 is 0 Å². The maximum absolute atomic E-state index is 11.3. The number of amides is 1. The Balaban J connectivity index is 1.97. The largest absolute Gasteiger partial charge is 0.490 e. The standard InChI is InChI=1S/C13H18N2O3/c1-14-15-13(16)6-4-10-3-5-11-12(9-10)18-8-2-7-17-11/h3,5,9,14H,2,4,6-8H2,1H3,(H,15,16). The zero-order valence-electron chi connectivity index (χ0n) is 10.5. The highest BCUT2D eigenvalue weighted by atomic mass is 16.5. The molecule has 0 bridgehead atoms. The van der Waals surface area contributed by atoms with E-state index in [1.54, 1.807) is 7.05 Å². The van der Waals surface area contributed by atoms with Crippen molar-refractivity contribution in [3.8, 4) is 11.5 Å². The molecule has 0 unspecified atom stereocenters. The minimum Gasteiger partial charge on any atom is -0.490 e. The number of hydrazine groups is 1. The predicted molar refractivity (Wildman–Crippen MR) is 67.6 cm³/mol. The summed E-state index contributed by atoms with van der Waals surface area (Å²) in [5, 5.41) is 0. The average Bonchev–Trinajstić information content (AvgIpc) is 2.61.